The van der Waals surface area contributed by atoms with E-state index in [-0.39, 0.29) is 37.2 Å². The molecule has 2 fully saturated rings. The number of amides is 7. The minimum absolute atomic E-state index is 0.0249. The van der Waals surface area contributed by atoms with Crippen LogP contribution in [-0.2, 0) is 62.4 Å². The van der Waals surface area contributed by atoms with Crippen LogP contribution in [0.3, 0.4) is 0 Å². The van der Waals surface area contributed by atoms with Crippen molar-refractivity contribution in [3.63, 3.8) is 0 Å². The number of aliphatic hydroxyl groups excluding tert-OH is 5. The molecule has 2 aliphatic rings. The van der Waals surface area contributed by atoms with Gasteiger partial charge in [-0.25, -0.2) is 4.79 Å². The number of fused-ring (bicyclic) bond motifs is 1. The number of carbonyl (C=O) groups is 8. The molecule has 30 heteroatoms. The SMILES string of the molecule is CC(O)[C@H](NC(=O)[C@@H]1CSSCC(NC(=O)C(Cc2ccccc2)[NH2+]CC2(O)OCC(O)[C@@H](O)C2O)C(=O)N[C@@H](Cc2ccc(O)c([123I])c2)C(=O)N[C@H](Cc2c[nH]c3ccccc23)C(=O)N[C@@H](CCCC[NH3+])C(=O)N[C@@H](C(C)O)C(=O)N1)C(=O)O. The first-order chi connectivity index (χ1) is 40.4. The number of para-hydroxylation sites is 1. The molecule has 4 aromatic rings. The zero-order valence-corrected chi connectivity index (χ0v) is 50.3. The Labute approximate surface area is 510 Å². The third kappa shape index (κ3) is 19.2. The second-order valence-electron chi connectivity index (χ2n) is 21.0. The number of aliphatic carboxylic acids is 1. The molecule has 0 aliphatic carbocycles. The van der Waals surface area contributed by atoms with E-state index in [1.165, 1.54) is 24.4 Å². The highest BCUT2D eigenvalue weighted by Crippen LogP contribution is 2.26. The molecule has 3 heterocycles. The summed E-state index contributed by atoms with van der Waals surface area (Å²) in [7, 11) is 1.72. The van der Waals surface area contributed by atoms with Gasteiger partial charge in [0.2, 0.25) is 41.2 Å². The fraction of sp³-hybridized carbons (Fsp3) is 0.491. The summed E-state index contributed by atoms with van der Waals surface area (Å²) >= 11 is 1.89. The number of H-pyrrole nitrogens is 1. The van der Waals surface area contributed by atoms with Crippen molar-refractivity contribution in [1.82, 2.24) is 42.2 Å². The summed E-state index contributed by atoms with van der Waals surface area (Å²) in [6.07, 6.45) is -6.72. The highest BCUT2D eigenvalue weighted by atomic mass is 123. The van der Waals surface area contributed by atoms with E-state index in [2.05, 4.69) is 47.9 Å². The molecule has 7 unspecified atom stereocenters. The second-order valence-corrected chi connectivity index (χ2v) is 24.7. The third-order valence-electron chi connectivity index (χ3n) is 14.4. The van der Waals surface area contributed by atoms with Crippen LogP contribution in [0.1, 0.15) is 49.8 Å². The molecule has 6 rings (SSSR count). The summed E-state index contributed by atoms with van der Waals surface area (Å²) in [5.41, 5.74) is 6.16. The molecule has 21 N–H and O–H groups in total. The molecule has 0 bridgehead atoms. The van der Waals surface area contributed by atoms with Gasteiger partial charge in [0.25, 0.3) is 5.91 Å². The van der Waals surface area contributed by atoms with Gasteiger partial charge in [-0.3, -0.25) is 33.6 Å². The molecule has 7 amide bonds. The predicted octanol–water partition coefficient (Wildman–Crippen LogP) is -4.71. The van der Waals surface area contributed by atoms with Gasteiger partial charge in [-0.05, 0) is 90.6 Å². The lowest BCUT2D eigenvalue weighted by Gasteiger charge is -2.40. The van der Waals surface area contributed by atoms with E-state index in [0.29, 0.717) is 50.5 Å². The van der Waals surface area contributed by atoms with Crippen LogP contribution >= 0.6 is 44.2 Å². The molecule has 85 heavy (non-hydrogen) atoms. The van der Waals surface area contributed by atoms with E-state index in [1.54, 1.807) is 66.9 Å². The Morgan fingerprint density at radius 2 is 1.46 bits per heavy atom. The van der Waals surface area contributed by atoms with E-state index in [0.717, 1.165) is 28.5 Å². The molecule has 3 aromatic carbocycles. The van der Waals surface area contributed by atoms with E-state index in [9.17, 15) is 69.6 Å². The zero-order valence-electron chi connectivity index (χ0n) is 46.5. The Balaban J connectivity index is 1.44. The number of benzene rings is 3. The number of hydrogen-bond donors (Lipinski definition) is 18. The molecular weight excluding hydrogens is 1260 g/mol. The number of hydrogen-bond acceptors (Lipinski definition) is 18. The van der Waals surface area contributed by atoms with Gasteiger partial charge in [-0.1, -0.05) is 76.2 Å². The van der Waals surface area contributed by atoms with E-state index in [1.807, 2.05) is 22.6 Å². The summed E-state index contributed by atoms with van der Waals surface area (Å²) in [5, 5.41) is 104. The van der Waals surface area contributed by atoms with Gasteiger partial charge >= 0.3 is 5.97 Å². The number of aliphatic hydroxyl groups is 6. The van der Waals surface area contributed by atoms with Crippen LogP contribution in [0.15, 0.2) is 79.0 Å². The van der Waals surface area contributed by atoms with Crippen molar-refractivity contribution in [2.24, 2.45) is 0 Å². The third-order valence-corrected chi connectivity index (χ3v) is 17.7. The van der Waals surface area contributed by atoms with Crippen LogP contribution in [0.2, 0.25) is 0 Å². The molecule has 2 aliphatic heterocycles. The van der Waals surface area contributed by atoms with Crippen LogP contribution in [-0.4, -0.2) is 209 Å². The quantitative estimate of drug-likeness (QED) is 0.0225. The number of nitrogens with two attached hydrogens (primary N) is 1. The standard InChI is InChI=1S/C55H73IN10O17S2/c1-27(67)43-53(79)64-40(52(78)66-44(28(2)68)54(80)81)25-85-84-24-39(63-48(74)36(19-29-10-4-3-5-11-29)59-26-55(82)46(72)45(71)42(70)23-83-55)51(77)61-37(20-30-15-16-41(69)33(56)18-30)49(75)62-38(21-31-22-58-34-13-7-6-12-32(31)34)50(76)60-35(47(73)65-43)14-8-9-17-57/h3-7,10-13,15-16,18,22,27-28,35-40,42-46,58-59,67-72,82H,8-9,14,17,19-21,23-26,57H2,1-2H3,(H,60,76)(H,61,77)(H,62,75)(H,63,74)(H,64,79)(H,65,73)(H,66,78)(H,80,81)/p+2/t27?,28?,35-,36?,37-,38+,39?,40-,42?,43-,44-,45+,46?,55?/m0/s1/i56-4. The second kappa shape index (κ2) is 32.0. The first-order valence-electron chi connectivity index (χ1n) is 27.4. The maximum Gasteiger partial charge on any atom is 0.328 e. The number of phenols is 1. The highest BCUT2D eigenvalue weighted by Gasteiger charge is 2.51. The average molecular weight is 1340 g/mol. The van der Waals surface area contributed by atoms with Gasteiger partial charge in [0.1, 0.15) is 66.9 Å². The number of rotatable bonds is 20. The minimum Gasteiger partial charge on any atom is -0.507 e. The first kappa shape index (κ1) is 67.9. The molecule has 464 valence electrons. The summed E-state index contributed by atoms with van der Waals surface area (Å²) in [6, 6.07) is 7.56. The van der Waals surface area contributed by atoms with Gasteiger partial charge < -0.3 is 98.8 Å². The molecule has 2 saturated heterocycles. The van der Waals surface area contributed by atoms with Gasteiger partial charge in [0.15, 0.2) is 12.1 Å². The molecular formula is C55H75IN10O17S2+2. The number of carbonyl (C=O) groups excluding carboxylic acids is 7. The molecule has 14 atom stereocenters. The summed E-state index contributed by atoms with van der Waals surface area (Å²) in [6.45, 7) is 1.60. The average Bonchev–Trinajstić information content (AvgIpc) is 3.93. The van der Waals surface area contributed by atoms with Crippen molar-refractivity contribution in [3.8, 4) is 5.75 Å². The van der Waals surface area contributed by atoms with Gasteiger partial charge in [0, 0.05) is 47.9 Å². The lowest BCUT2D eigenvalue weighted by molar-refractivity contribution is -0.700. The molecule has 0 saturated carbocycles. The summed E-state index contributed by atoms with van der Waals surface area (Å²) in [5.74, 6) is -11.7. The van der Waals surface area contributed by atoms with Crippen LogP contribution in [0.4, 0.5) is 0 Å². The van der Waals surface area contributed by atoms with Crippen LogP contribution in [0, 0.1) is 3.57 Å². The van der Waals surface area contributed by atoms with Crippen LogP contribution < -0.4 is 48.3 Å². The monoisotopic (exact) mass is 1330 g/mol. The number of halogens is 1. The maximum absolute atomic E-state index is 15.1. The van der Waals surface area contributed by atoms with Crippen molar-refractivity contribution in [2.45, 2.75) is 137 Å². The van der Waals surface area contributed by atoms with Gasteiger partial charge in [-0.15, -0.1) is 0 Å². The highest BCUT2D eigenvalue weighted by molar-refractivity contribution is 14.1. The van der Waals surface area contributed by atoms with E-state index >= 15 is 9.59 Å². The van der Waals surface area contributed by atoms with Crippen molar-refractivity contribution in [1.29, 1.82) is 0 Å². The number of quaternary nitrogens is 2. The molecule has 27 nitrogen and oxygen atoms in total. The number of phenolic OH excluding ortho intramolecular Hbond substituents is 1. The largest absolute Gasteiger partial charge is 0.507 e. The number of aromatic hydroxyl groups is 1. The van der Waals surface area contributed by atoms with Crippen LogP contribution in [0.25, 0.3) is 10.9 Å². The molecule has 1 aromatic heterocycles. The minimum atomic E-state index is -2.47. The van der Waals surface area contributed by atoms with Gasteiger partial charge in [0.05, 0.1) is 28.9 Å². The number of aromatic nitrogens is 1. The smallest absolute Gasteiger partial charge is 0.328 e. The Bertz CT molecular complexity index is 2970. The normalized spacial score (nSPS) is 26.5. The lowest BCUT2D eigenvalue weighted by Crippen LogP contribution is -2.97. The van der Waals surface area contributed by atoms with E-state index in [4.69, 9.17) is 4.74 Å². The fourth-order valence-corrected chi connectivity index (χ4v) is 12.3. The number of aromatic amines is 1. The summed E-state index contributed by atoms with van der Waals surface area (Å²) < 4.78 is 5.76. The number of carboxylic acid groups (broad SMARTS) is 1. The van der Waals surface area contributed by atoms with Crippen molar-refractivity contribution in [3.05, 3.63) is 99.3 Å². The van der Waals surface area contributed by atoms with Crippen LogP contribution in [0.5, 0.6) is 5.75 Å². The topological polar surface area (TPSA) is 452 Å². The maximum atomic E-state index is 15.1. The Kier molecular flexibility index (Phi) is 25.6. The first-order valence-corrected chi connectivity index (χ1v) is 31.0. The van der Waals surface area contributed by atoms with Gasteiger partial charge in [-0.2, -0.15) is 0 Å². The Morgan fingerprint density at radius 3 is 2.13 bits per heavy atom. The number of ether oxygens (including phenoxy) is 1. The van der Waals surface area contributed by atoms with E-state index < -0.39 is 151 Å². The fourth-order valence-electron chi connectivity index (χ4n) is 9.44. The number of nitrogens with one attached hydrogen (secondary N) is 8. The van der Waals surface area contributed by atoms with Crippen molar-refractivity contribution in [2.75, 3.05) is 31.2 Å². The number of unbranched alkanes of at least 4 members (excludes halogenated alkanes) is 1. The molecule has 0 spiro atoms. The Hall–Kier alpha value is -6.17. The summed E-state index contributed by atoms with van der Waals surface area (Å²) in [4.78, 5) is 118. The molecule has 0 radical (unpaired) electrons. The van der Waals surface area contributed by atoms with Crippen molar-refractivity contribution >= 4 is 102 Å². The van der Waals surface area contributed by atoms with Crippen molar-refractivity contribution < 1.29 is 95.0 Å². The zero-order chi connectivity index (χ0) is 62.1. The lowest BCUT2D eigenvalue weighted by atomic mass is 9.96. The predicted molar refractivity (Wildman–Crippen MR) is 317 cm³/mol. The Morgan fingerprint density at radius 1 is 0.812 bits per heavy atom. The number of carboxylic acids is 1.